The van der Waals surface area contributed by atoms with Crippen molar-refractivity contribution in [3.8, 4) is 11.4 Å². The van der Waals surface area contributed by atoms with Gasteiger partial charge in [-0.3, -0.25) is 9.36 Å². The monoisotopic (exact) mass is 438 g/mol. The van der Waals surface area contributed by atoms with Crippen LogP contribution >= 0.6 is 23.1 Å². The van der Waals surface area contributed by atoms with E-state index in [0.29, 0.717) is 6.54 Å². The minimum absolute atomic E-state index is 0.0501. The molecule has 2 aromatic heterocycles. The van der Waals surface area contributed by atoms with Gasteiger partial charge in [0.05, 0.1) is 5.75 Å². The molecular weight excluding hydrogens is 412 g/mol. The van der Waals surface area contributed by atoms with Crippen LogP contribution < -0.4 is 5.32 Å². The molecule has 156 valence electrons. The van der Waals surface area contributed by atoms with Gasteiger partial charge in [-0.05, 0) is 68.4 Å². The number of aryl methyl sites for hydroxylation is 3. The maximum atomic E-state index is 12.5. The second kappa shape index (κ2) is 9.18. The predicted molar refractivity (Wildman–Crippen MR) is 125 cm³/mol. The van der Waals surface area contributed by atoms with Crippen LogP contribution in [0.1, 0.15) is 34.4 Å². The van der Waals surface area contributed by atoms with E-state index in [0.717, 1.165) is 35.1 Å². The molecule has 0 atom stereocenters. The van der Waals surface area contributed by atoms with Crippen LogP contribution in [0, 0.1) is 13.8 Å². The first kappa shape index (κ1) is 20.9. The summed E-state index contributed by atoms with van der Waals surface area (Å²) in [6.07, 6.45) is 6.62. The van der Waals surface area contributed by atoms with Gasteiger partial charge in [-0.25, -0.2) is 0 Å². The number of fused-ring (bicyclic) bond motifs is 1. The SMILES string of the molecule is C=CCn1c(SCC(=O)Nc2ccc(C)c(C)c2)nnc1-c1csc2c1CCCC2. The molecule has 7 heteroatoms. The molecule has 0 saturated carbocycles. The van der Waals surface area contributed by atoms with Gasteiger partial charge in [-0.1, -0.05) is 23.9 Å². The van der Waals surface area contributed by atoms with E-state index in [2.05, 4.69) is 39.0 Å². The number of amides is 1. The first-order chi connectivity index (χ1) is 14.6. The molecule has 0 radical (unpaired) electrons. The Morgan fingerprint density at radius 3 is 2.90 bits per heavy atom. The molecule has 5 nitrogen and oxygen atoms in total. The molecule has 0 saturated heterocycles. The molecule has 0 fully saturated rings. The van der Waals surface area contributed by atoms with E-state index in [9.17, 15) is 4.79 Å². The smallest absolute Gasteiger partial charge is 0.234 e. The molecular formula is C23H26N4OS2. The average Bonchev–Trinajstić information content (AvgIpc) is 3.33. The van der Waals surface area contributed by atoms with E-state index >= 15 is 0 Å². The van der Waals surface area contributed by atoms with Crippen molar-refractivity contribution in [1.29, 1.82) is 0 Å². The van der Waals surface area contributed by atoms with Crippen LogP contribution in [0.4, 0.5) is 5.69 Å². The molecule has 1 N–H and O–H groups in total. The fourth-order valence-corrected chi connectivity index (χ4v) is 5.59. The summed E-state index contributed by atoms with van der Waals surface area (Å²) in [6, 6.07) is 5.95. The van der Waals surface area contributed by atoms with Crippen LogP contribution in [0.3, 0.4) is 0 Å². The lowest BCUT2D eigenvalue weighted by Crippen LogP contribution is -2.15. The molecule has 0 unspecified atom stereocenters. The van der Waals surface area contributed by atoms with Gasteiger partial charge in [0.1, 0.15) is 0 Å². The summed E-state index contributed by atoms with van der Waals surface area (Å²) in [5.41, 5.74) is 5.81. The van der Waals surface area contributed by atoms with Crippen molar-refractivity contribution in [3.63, 3.8) is 0 Å². The first-order valence-corrected chi connectivity index (χ1v) is 12.1. The molecule has 3 aromatic rings. The van der Waals surface area contributed by atoms with Crippen LogP contribution in [-0.2, 0) is 24.2 Å². The van der Waals surface area contributed by atoms with Crippen LogP contribution in [-0.4, -0.2) is 26.4 Å². The second-order valence-corrected chi connectivity index (χ2v) is 9.51. The Morgan fingerprint density at radius 2 is 2.10 bits per heavy atom. The quantitative estimate of drug-likeness (QED) is 0.395. The second-order valence-electron chi connectivity index (χ2n) is 7.60. The molecule has 1 amide bonds. The van der Waals surface area contributed by atoms with Gasteiger partial charge in [-0.15, -0.1) is 28.1 Å². The summed E-state index contributed by atoms with van der Waals surface area (Å²) in [5.74, 6) is 1.11. The number of rotatable bonds is 7. The van der Waals surface area contributed by atoms with Gasteiger partial charge >= 0.3 is 0 Å². The lowest BCUT2D eigenvalue weighted by atomic mass is 9.95. The molecule has 0 aliphatic heterocycles. The first-order valence-electron chi connectivity index (χ1n) is 10.2. The summed E-state index contributed by atoms with van der Waals surface area (Å²) in [5, 5.41) is 14.8. The van der Waals surface area contributed by atoms with Gasteiger partial charge < -0.3 is 5.32 Å². The highest BCUT2D eigenvalue weighted by Crippen LogP contribution is 2.36. The Kier molecular flexibility index (Phi) is 6.39. The Balaban J connectivity index is 1.49. The molecule has 2 heterocycles. The number of anilines is 1. The zero-order valence-corrected chi connectivity index (χ0v) is 19.0. The minimum atomic E-state index is -0.0501. The van der Waals surface area contributed by atoms with Gasteiger partial charge in [0.25, 0.3) is 0 Å². The van der Waals surface area contributed by atoms with Crippen molar-refractivity contribution < 1.29 is 4.79 Å². The van der Waals surface area contributed by atoms with Crippen molar-refractivity contribution in [3.05, 3.63) is 57.8 Å². The van der Waals surface area contributed by atoms with Gasteiger partial charge in [-0.2, -0.15) is 0 Å². The van der Waals surface area contributed by atoms with E-state index < -0.39 is 0 Å². The zero-order chi connectivity index (χ0) is 21.1. The highest BCUT2D eigenvalue weighted by molar-refractivity contribution is 7.99. The summed E-state index contributed by atoms with van der Waals surface area (Å²) in [7, 11) is 0. The maximum absolute atomic E-state index is 12.5. The maximum Gasteiger partial charge on any atom is 0.234 e. The number of carbonyl (C=O) groups is 1. The summed E-state index contributed by atoms with van der Waals surface area (Å²) in [6.45, 7) is 8.61. The third-order valence-electron chi connectivity index (χ3n) is 5.45. The van der Waals surface area contributed by atoms with E-state index in [1.807, 2.05) is 42.5 Å². The third kappa shape index (κ3) is 4.37. The summed E-state index contributed by atoms with van der Waals surface area (Å²) >= 11 is 3.24. The van der Waals surface area contributed by atoms with Gasteiger partial charge in [0.2, 0.25) is 5.91 Å². The number of hydrogen-bond donors (Lipinski definition) is 1. The molecule has 4 rings (SSSR count). The molecule has 0 bridgehead atoms. The Hall–Kier alpha value is -2.38. The van der Waals surface area contributed by atoms with Crippen molar-refractivity contribution in [2.45, 2.75) is 51.2 Å². The number of thiophene rings is 1. The summed E-state index contributed by atoms with van der Waals surface area (Å²) < 4.78 is 2.07. The van der Waals surface area contributed by atoms with Crippen LogP contribution in [0.25, 0.3) is 11.4 Å². The standard InChI is InChI=1S/C23H26N4OS2/c1-4-11-27-22(19-13-29-20-8-6-5-7-18(19)20)25-26-23(27)30-14-21(28)24-17-10-9-15(2)16(3)12-17/h4,9-10,12-13H,1,5-8,11,14H2,2-3H3,(H,24,28). The number of benzene rings is 1. The topological polar surface area (TPSA) is 59.8 Å². The molecule has 0 spiro atoms. The Morgan fingerprint density at radius 1 is 1.27 bits per heavy atom. The Labute approximate surface area is 185 Å². The van der Waals surface area contributed by atoms with Crippen molar-refractivity contribution in [1.82, 2.24) is 14.8 Å². The van der Waals surface area contributed by atoms with Gasteiger partial charge in [0, 0.05) is 28.1 Å². The molecule has 1 aliphatic rings. The van der Waals surface area contributed by atoms with E-state index in [4.69, 9.17) is 0 Å². The molecule has 1 aliphatic carbocycles. The number of nitrogens with zero attached hydrogens (tertiary/aromatic N) is 3. The average molecular weight is 439 g/mol. The number of nitrogens with one attached hydrogen (secondary N) is 1. The van der Waals surface area contributed by atoms with E-state index in [1.165, 1.54) is 46.2 Å². The van der Waals surface area contributed by atoms with Crippen LogP contribution in [0.15, 0.2) is 41.4 Å². The lowest BCUT2D eigenvalue weighted by molar-refractivity contribution is -0.113. The number of allylic oxidation sites excluding steroid dienone is 1. The summed E-state index contributed by atoms with van der Waals surface area (Å²) in [4.78, 5) is 13.9. The zero-order valence-electron chi connectivity index (χ0n) is 17.4. The van der Waals surface area contributed by atoms with E-state index in [-0.39, 0.29) is 11.7 Å². The fourth-order valence-electron chi connectivity index (χ4n) is 3.72. The van der Waals surface area contributed by atoms with Crippen molar-refractivity contribution in [2.24, 2.45) is 0 Å². The van der Waals surface area contributed by atoms with E-state index in [1.54, 1.807) is 0 Å². The fraction of sp³-hybridized carbons (Fsp3) is 0.348. The largest absolute Gasteiger partial charge is 0.325 e. The predicted octanol–water partition coefficient (Wildman–Crippen LogP) is 5.42. The van der Waals surface area contributed by atoms with Crippen LogP contribution in [0.2, 0.25) is 0 Å². The lowest BCUT2D eigenvalue weighted by Gasteiger charge is -2.13. The third-order valence-corrected chi connectivity index (χ3v) is 7.51. The highest BCUT2D eigenvalue weighted by atomic mass is 32.2. The number of aromatic nitrogens is 3. The van der Waals surface area contributed by atoms with Crippen LogP contribution in [0.5, 0.6) is 0 Å². The number of carbonyl (C=O) groups excluding carboxylic acids is 1. The minimum Gasteiger partial charge on any atom is -0.325 e. The highest BCUT2D eigenvalue weighted by Gasteiger charge is 2.22. The van der Waals surface area contributed by atoms with Crippen molar-refractivity contribution in [2.75, 3.05) is 11.1 Å². The number of thioether (sulfide) groups is 1. The Bertz CT molecular complexity index is 1080. The molecule has 30 heavy (non-hydrogen) atoms. The number of hydrogen-bond acceptors (Lipinski definition) is 5. The van der Waals surface area contributed by atoms with Gasteiger partial charge in [0.15, 0.2) is 11.0 Å². The normalized spacial score (nSPS) is 13.1. The molecule has 1 aromatic carbocycles. The van der Waals surface area contributed by atoms with Crippen molar-refractivity contribution >= 4 is 34.7 Å².